The van der Waals surface area contributed by atoms with Crippen LogP contribution in [0.15, 0.2) is 53.8 Å². The third kappa shape index (κ3) is 5.01. The second-order valence-electron chi connectivity index (χ2n) is 9.64. The van der Waals surface area contributed by atoms with Gasteiger partial charge in [-0.15, -0.1) is 0 Å². The van der Waals surface area contributed by atoms with Crippen molar-refractivity contribution >= 4 is 21.6 Å². The van der Waals surface area contributed by atoms with Crippen molar-refractivity contribution in [3.8, 4) is 11.3 Å². The van der Waals surface area contributed by atoms with E-state index in [2.05, 4.69) is 15.2 Å². The number of nitrogens with zero attached hydrogens (tertiary/aromatic N) is 7. The van der Waals surface area contributed by atoms with Crippen molar-refractivity contribution in [2.24, 2.45) is 7.05 Å². The van der Waals surface area contributed by atoms with E-state index < -0.39 is 27.8 Å². The highest BCUT2D eigenvalue weighted by Crippen LogP contribution is 2.33. The largest absolute Gasteiger partial charge is 0.433 e. The summed E-state index contributed by atoms with van der Waals surface area (Å²) in [5.74, 6) is -0.324. The minimum absolute atomic E-state index is 0.0247. The highest BCUT2D eigenvalue weighted by molar-refractivity contribution is 7.89. The molecule has 0 aliphatic carbocycles. The molecule has 1 aromatic carbocycles. The van der Waals surface area contributed by atoms with Crippen molar-refractivity contribution in [2.75, 3.05) is 26.2 Å². The summed E-state index contributed by atoms with van der Waals surface area (Å²) in [6, 6.07) is 7.99. The van der Waals surface area contributed by atoms with Crippen LogP contribution >= 0.6 is 0 Å². The second kappa shape index (κ2) is 9.75. The molecule has 14 heteroatoms. The third-order valence-corrected chi connectivity index (χ3v) is 8.56. The van der Waals surface area contributed by atoms with Gasteiger partial charge in [0.15, 0.2) is 11.3 Å². The van der Waals surface area contributed by atoms with E-state index in [1.165, 1.54) is 26.3 Å². The van der Waals surface area contributed by atoms with Crippen molar-refractivity contribution in [3.05, 3.63) is 65.7 Å². The molecule has 1 saturated heterocycles. The number of piperazine rings is 1. The van der Waals surface area contributed by atoms with E-state index in [-0.39, 0.29) is 53.9 Å². The van der Waals surface area contributed by atoms with Gasteiger partial charge in [-0.3, -0.25) is 9.48 Å². The average Bonchev–Trinajstić information content (AvgIpc) is 3.54. The normalized spacial score (nSPS) is 15.4. The van der Waals surface area contributed by atoms with Crippen LogP contribution < -0.4 is 0 Å². The average molecular weight is 562 g/mol. The molecule has 1 aliphatic rings. The van der Waals surface area contributed by atoms with E-state index >= 15 is 0 Å². The van der Waals surface area contributed by atoms with Gasteiger partial charge in [-0.1, -0.05) is 38.1 Å². The van der Waals surface area contributed by atoms with Crippen LogP contribution in [0.25, 0.3) is 16.9 Å². The number of benzene rings is 1. The lowest BCUT2D eigenvalue weighted by Gasteiger charge is -2.33. The minimum Gasteiger partial charge on any atom is -0.336 e. The standard InChI is InChI=1S/C25H26F3N7O3S/c1-16(2)17-4-6-18(7-5-17)21-12-22(25(26,27)28)35-23(31-21)20(14-30-35)24(36)33-8-10-34(11-9-33)39(37,38)19-13-29-32(3)15-19/h4-7,12-16H,8-11H2,1-3H3. The fourth-order valence-corrected chi connectivity index (χ4v) is 5.89. The SMILES string of the molecule is CC(C)c1ccc(-c2cc(C(F)(F)F)n3ncc(C(=O)N4CCN(S(=O)(=O)c5cnn(C)c5)CC4)c3n2)cc1. The molecule has 0 N–H and O–H groups in total. The molecular weight excluding hydrogens is 535 g/mol. The monoisotopic (exact) mass is 561 g/mol. The van der Waals surface area contributed by atoms with E-state index in [1.807, 2.05) is 26.0 Å². The molecule has 5 rings (SSSR count). The number of fused-ring (bicyclic) bond motifs is 1. The maximum atomic E-state index is 14.0. The van der Waals surface area contributed by atoms with Gasteiger partial charge in [-0.05, 0) is 17.5 Å². The Bertz CT molecular complexity index is 1640. The quantitative estimate of drug-likeness (QED) is 0.370. The summed E-state index contributed by atoms with van der Waals surface area (Å²) in [4.78, 5) is 19.2. The lowest BCUT2D eigenvalue weighted by atomic mass is 10.0. The van der Waals surface area contributed by atoms with Gasteiger partial charge in [-0.25, -0.2) is 17.9 Å². The number of aromatic nitrogens is 5. The number of sulfonamides is 1. The summed E-state index contributed by atoms with van der Waals surface area (Å²) in [7, 11) is -2.18. The van der Waals surface area contributed by atoms with Crippen LogP contribution in [0.3, 0.4) is 0 Å². The number of alkyl halides is 3. The maximum absolute atomic E-state index is 14.0. The van der Waals surface area contributed by atoms with Gasteiger partial charge in [0.25, 0.3) is 5.91 Å². The molecule has 0 unspecified atom stereocenters. The Morgan fingerprint density at radius 3 is 2.23 bits per heavy atom. The van der Waals surface area contributed by atoms with E-state index in [4.69, 9.17) is 0 Å². The molecule has 10 nitrogen and oxygen atoms in total. The van der Waals surface area contributed by atoms with Crippen LogP contribution in [0.5, 0.6) is 0 Å². The van der Waals surface area contributed by atoms with Crippen molar-refractivity contribution in [3.63, 3.8) is 0 Å². The summed E-state index contributed by atoms with van der Waals surface area (Å²) in [6.45, 7) is 4.18. The first-order valence-electron chi connectivity index (χ1n) is 12.2. The lowest BCUT2D eigenvalue weighted by molar-refractivity contribution is -0.142. The zero-order chi connectivity index (χ0) is 28.1. The predicted octanol–water partition coefficient (Wildman–Crippen LogP) is 3.42. The third-order valence-electron chi connectivity index (χ3n) is 6.71. The van der Waals surface area contributed by atoms with E-state index in [9.17, 15) is 26.4 Å². The maximum Gasteiger partial charge on any atom is 0.433 e. The van der Waals surface area contributed by atoms with Crippen molar-refractivity contribution in [1.82, 2.24) is 33.6 Å². The molecule has 0 atom stereocenters. The van der Waals surface area contributed by atoms with E-state index in [1.54, 1.807) is 19.2 Å². The summed E-state index contributed by atoms with van der Waals surface area (Å²) in [5, 5.41) is 7.74. The highest BCUT2D eigenvalue weighted by Gasteiger charge is 2.37. The Morgan fingerprint density at radius 2 is 1.67 bits per heavy atom. The Labute approximate surface area is 222 Å². The molecule has 39 heavy (non-hydrogen) atoms. The zero-order valence-corrected chi connectivity index (χ0v) is 22.2. The van der Waals surface area contributed by atoms with Gasteiger partial charge < -0.3 is 4.90 Å². The summed E-state index contributed by atoms with van der Waals surface area (Å²) >= 11 is 0. The van der Waals surface area contributed by atoms with Gasteiger partial charge in [0.2, 0.25) is 10.0 Å². The van der Waals surface area contributed by atoms with Crippen LogP contribution in [-0.2, 0) is 23.2 Å². The van der Waals surface area contributed by atoms with Crippen LogP contribution in [0.4, 0.5) is 13.2 Å². The number of halogens is 3. The first kappa shape index (κ1) is 26.8. The van der Waals surface area contributed by atoms with E-state index in [0.29, 0.717) is 10.1 Å². The number of carbonyl (C=O) groups excluding carboxylic acids is 1. The molecule has 1 amide bonds. The van der Waals surface area contributed by atoms with Gasteiger partial charge >= 0.3 is 6.18 Å². The van der Waals surface area contributed by atoms with Crippen molar-refractivity contribution in [1.29, 1.82) is 0 Å². The Kier molecular flexibility index (Phi) is 6.71. The van der Waals surface area contributed by atoms with Gasteiger partial charge in [0.1, 0.15) is 10.5 Å². The molecule has 0 spiro atoms. The fourth-order valence-electron chi connectivity index (χ4n) is 4.49. The summed E-state index contributed by atoms with van der Waals surface area (Å²) < 4.78 is 71.0. The van der Waals surface area contributed by atoms with Crippen LogP contribution in [0, 0.1) is 0 Å². The van der Waals surface area contributed by atoms with E-state index in [0.717, 1.165) is 17.8 Å². The fraction of sp³-hybridized carbons (Fsp3) is 0.360. The number of carbonyl (C=O) groups is 1. The number of amides is 1. The predicted molar refractivity (Wildman–Crippen MR) is 135 cm³/mol. The topological polar surface area (TPSA) is 106 Å². The molecule has 0 bridgehead atoms. The molecule has 1 aliphatic heterocycles. The Balaban J connectivity index is 1.45. The molecule has 1 fully saturated rings. The molecule has 4 aromatic rings. The van der Waals surface area contributed by atoms with Gasteiger partial charge in [0, 0.05) is 45.0 Å². The summed E-state index contributed by atoms with van der Waals surface area (Å²) in [5.41, 5.74) is 0.198. The Morgan fingerprint density at radius 1 is 1.00 bits per heavy atom. The lowest BCUT2D eigenvalue weighted by Crippen LogP contribution is -2.50. The first-order chi connectivity index (χ1) is 18.4. The molecule has 206 valence electrons. The van der Waals surface area contributed by atoms with Crippen molar-refractivity contribution < 1.29 is 26.4 Å². The second-order valence-corrected chi connectivity index (χ2v) is 11.6. The highest BCUT2D eigenvalue weighted by atomic mass is 32.2. The molecule has 4 heterocycles. The molecule has 0 saturated carbocycles. The van der Waals surface area contributed by atoms with Crippen LogP contribution in [0.1, 0.15) is 41.4 Å². The van der Waals surface area contributed by atoms with Crippen molar-refractivity contribution in [2.45, 2.75) is 30.8 Å². The first-order valence-corrected chi connectivity index (χ1v) is 13.6. The van der Waals surface area contributed by atoms with Gasteiger partial charge in [-0.2, -0.15) is 27.7 Å². The van der Waals surface area contributed by atoms with Crippen LogP contribution in [0.2, 0.25) is 0 Å². The molecule has 0 radical (unpaired) electrons. The number of rotatable bonds is 5. The number of hydrogen-bond acceptors (Lipinski definition) is 6. The molecular formula is C25H26F3N7O3S. The number of hydrogen-bond donors (Lipinski definition) is 0. The smallest absolute Gasteiger partial charge is 0.336 e. The zero-order valence-electron chi connectivity index (χ0n) is 21.4. The number of aryl methyl sites for hydroxylation is 1. The molecule has 3 aromatic heterocycles. The summed E-state index contributed by atoms with van der Waals surface area (Å²) in [6.07, 6.45) is -1.02. The minimum atomic E-state index is -4.74. The van der Waals surface area contributed by atoms with Crippen LogP contribution in [-0.4, -0.2) is 74.1 Å². The van der Waals surface area contributed by atoms with Gasteiger partial charge in [0.05, 0.1) is 18.1 Å². The Hall–Kier alpha value is -3.78.